The third kappa shape index (κ3) is 5.68. The molecule has 2 rings (SSSR count). The molecule has 0 heterocycles. The molecule has 0 unspecified atom stereocenters. The molecule has 0 spiro atoms. The number of hydrogen-bond acceptors (Lipinski definition) is 3. The van der Waals surface area contributed by atoms with Crippen molar-refractivity contribution in [3.8, 4) is 11.5 Å². The van der Waals surface area contributed by atoms with E-state index in [2.05, 4.69) is 5.32 Å². The van der Waals surface area contributed by atoms with Crippen molar-refractivity contribution in [1.82, 2.24) is 0 Å². The lowest BCUT2D eigenvalue weighted by Crippen LogP contribution is -2.13. The molecule has 0 atom stereocenters. The summed E-state index contributed by atoms with van der Waals surface area (Å²) in [4.78, 5) is 12.2. The predicted molar refractivity (Wildman–Crippen MR) is 102 cm³/mol. The van der Waals surface area contributed by atoms with Crippen molar-refractivity contribution in [2.45, 2.75) is 33.6 Å². The van der Waals surface area contributed by atoms with Gasteiger partial charge in [0.15, 0.2) is 11.5 Å². The number of anilines is 1. The lowest BCUT2D eigenvalue weighted by Gasteiger charge is -2.13. The van der Waals surface area contributed by atoms with Crippen LogP contribution in [0.2, 0.25) is 5.02 Å². The zero-order valence-electron chi connectivity index (χ0n) is 14.9. The molecule has 25 heavy (non-hydrogen) atoms. The monoisotopic (exact) mass is 361 g/mol. The molecule has 5 heteroatoms. The number of amides is 1. The van der Waals surface area contributed by atoms with E-state index in [1.807, 2.05) is 51.1 Å². The second kappa shape index (κ2) is 9.33. The SMILES string of the molecule is CCOc1ccc(CCC(=O)Nc2cc(Cl)ccc2C)cc1OCC. The Labute approximate surface area is 154 Å². The van der Waals surface area contributed by atoms with Gasteiger partial charge in [-0.15, -0.1) is 0 Å². The maximum absolute atomic E-state index is 12.2. The minimum atomic E-state index is -0.0442. The van der Waals surface area contributed by atoms with Crippen LogP contribution >= 0.6 is 11.6 Å². The van der Waals surface area contributed by atoms with Gasteiger partial charge in [0.2, 0.25) is 5.91 Å². The molecule has 0 bridgehead atoms. The number of halogens is 1. The molecule has 1 amide bonds. The highest BCUT2D eigenvalue weighted by atomic mass is 35.5. The maximum atomic E-state index is 12.2. The fraction of sp³-hybridized carbons (Fsp3) is 0.350. The molecular weight excluding hydrogens is 338 g/mol. The van der Waals surface area contributed by atoms with Crippen molar-refractivity contribution in [2.75, 3.05) is 18.5 Å². The largest absolute Gasteiger partial charge is 0.490 e. The summed E-state index contributed by atoms with van der Waals surface area (Å²) in [5, 5.41) is 3.52. The van der Waals surface area contributed by atoms with Gasteiger partial charge in [0.1, 0.15) is 0 Å². The van der Waals surface area contributed by atoms with Crippen LogP contribution in [0.5, 0.6) is 11.5 Å². The van der Waals surface area contributed by atoms with Crippen LogP contribution < -0.4 is 14.8 Å². The summed E-state index contributed by atoms with van der Waals surface area (Å²) in [5.41, 5.74) is 2.77. The number of rotatable bonds is 8. The second-order valence-corrected chi connectivity index (χ2v) is 6.09. The van der Waals surface area contributed by atoms with Crippen LogP contribution in [0.1, 0.15) is 31.4 Å². The van der Waals surface area contributed by atoms with Gasteiger partial charge in [-0.1, -0.05) is 23.7 Å². The van der Waals surface area contributed by atoms with Gasteiger partial charge >= 0.3 is 0 Å². The van der Waals surface area contributed by atoms with Crippen molar-refractivity contribution in [3.63, 3.8) is 0 Å². The third-order valence-electron chi connectivity index (χ3n) is 3.72. The van der Waals surface area contributed by atoms with E-state index in [1.165, 1.54) is 0 Å². The van der Waals surface area contributed by atoms with E-state index in [0.717, 1.165) is 22.6 Å². The summed E-state index contributed by atoms with van der Waals surface area (Å²) in [6, 6.07) is 11.3. The van der Waals surface area contributed by atoms with Crippen molar-refractivity contribution < 1.29 is 14.3 Å². The van der Waals surface area contributed by atoms with Crippen LogP contribution in [0, 0.1) is 6.92 Å². The molecule has 0 aliphatic rings. The van der Waals surface area contributed by atoms with Gasteiger partial charge in [-0.3, -0.25) is 4.79 Å². The molecule has 0 aromatic heterocycles. The number of nitrogens with one attached hydrogen (secondary N) is 1. The number of carbonyl (C=O) groups is 1. The first-order valence-electron chi connectivity index (χ1n) is 8.48. The standard InChI is InChI=1S/C20H24ClNO3/c1-4-24-18-10-7-15(12-19(18)25-5-2)8-11-20(23)22-17-13-16(21)9-6-14(17)3/h6-7,9-10,12-13H,4-5,8,11H2,1-3H3,(H,22,23). The van der Waals surface area contributed by atoms with Crippen LogP contribution in [0.3, 0.4) is 0 Å². The molecule has 4 nitrogen and oxygen atoms in total. The topological polar surface area (TPSA) is 47.6 Å². The van der Waals surface area contributed by atoms with Gasteiger partial charge in [0.05, 0.1) is 13.2 Å². The molecule has 0 radical (unpaired) electrons. The highest BCUT2D eigenvalue weighted by molar-refractivity contribution is 6.31. The smallest absolute Gasteiger partial charge is 0.224 e. The van der Waals surface area contributed by atoms with Gasteiger partial charge in [0.25, 0.3) is 0 Å². The Morgan fingerprint density at radius 3 is 2.48 bits per heavy atom. The minimum Gasteiger partial charge on any atom is -0.490 e. The van der Waals surface area contributed by atoms with E-state index in [0.29, 0.717) is 36.8 Å². The van der Waals surface area contributed by atoms with Crippen molar-refractivity contribution in [3.05, 3.63) is 52.5 Å². The van der Waals surface area contributed by atoms with E-state index < -0.39 is 0 Å². The predicted octanol–water partition coefficient (Wildman–Crippen LogP) is 5.02. The first kappa shape index (κ1) is 19.1. The number of benzene rings is 2. The Kier molecular flexibility index (Phi) is 7.14. The molecule has 0 saturated carbocycles. The number of aryl methyl sites for hydroxylation is 2. The first-order chi connectivity index (χ1) is 12.0. The molecule has 0 saturated heterocycles. The zero-order chi connectivity index (χ0) is 18.2. The van der Waals surface area contributed by atoms with E-state index in [-0.39, 0.29) is 5.91 Å². The second-order valence-electron chi connectivity index (χ2n) is 5.65. The van der Waals surface area contributed by atoms with Crippen LogP contribution in [0.25, 0.3) is 0 Å². The average molecular weight is 362 g/mol. The summed E-state index contributed by atoms with van der Waals surface area (Å²) in [5.74, 6) is 1.40. The van der Waals surface area contributed by atoms with Crippen LogP contribution in [-0.2, 0) is 11.2 Å². The van der Waals surface area contributed by atoms with Crippen LogP contribution in [0.4, 0.5) is 5.69 Å². The van der Waals surface area contributed by atoms with Gasteiger partial charge in [0, 0.05) is 17.1 Å². The van der Waals surface area contributed by atoms with E-state index in [9.17, 15) is 4.79 Å². The number of ether oxygens (including phenoxy) is 2. The molecule has 0 aliphatic heterocycles. The van der Waals surface area contributed by atoms with Gasteiger partial charge in [-0.05, 0) is 62.6 Å². The highest BCUT2D eigenvalue weighted by Gasteiger charge is 2.09. The molecule has 2 aromatic carbocycles. The molecule has 2 aromatic rings. The summed E-state index contributed by atoms with van der Waals surface area (Å²) in [6.45, 7) is 6.96. The average Bonchev–Trinajstić information content (AvgIpc) is 2.59. The van der Waals surface area contributed by atoms with E-state index >= 15 is 0 Å². The minimum absolute atomic E-state index is 0.0442. The maximum Gasteiger partial charge on any atom is 0.224 e. The fourth-order valence-corrected chi connectivity index (χ4v) is 2.62. The highest BCUT2D eigenvalue weighted by Crippen LogP contribution is 2.29. The summed E-state index contributed by atoms with van der Waals surface area (Å²) < 4.78 is 11.2. The fourth-order valence-electron chi connectivity index (χ4n) is 2.45. The first-order valence-corrected chi connectivity index (χ1v) is 8.85. The molecule has 0 aliphatic carbocycles. The lowest BCUT2D eigenvalue weighted by atomic mass is 10.1. The molecule has 1 N–H and O–H groups in total. The Morgan fingerprint density at radius 2 is 1.76 bits per heavy atom. The van der Waals surface area contributed by atoms with Crippen LogP contribution in [0.15, 0.2) is 36.4 Å². The zero-order valence-corrected chi connectivity index (χ0v) is 15.7. The van der Waals surface area contributed by atoms with Gasteiger partial charge < -0.3 is 14.8 Å². The summed E-state index contributed by atoms with van der Waals surface area (Å²) >= 11 is 5.98. The third-order valence-corrected chi connectivity index (χ3v) is 3.96. The lowest BCUT2D eigenvalue weighted by molar-refractivity contribution is -0.116. The summed E-state index contributed by atoms with van der Waals surface area (Å²) in [6.07, 6.45) is 1.00. The van der Waals surface area contributed by atoms with Gasteiger partial charge in [-0.2, -0.15) is 0 Å². The van der Waals surface area contributed by atoms with E-state index in [4.69, 9.17) is 21.1 Å². The number of hydrogen-bond donors (Lipinski definition) is 1. The van der Waals surface area contributed by atoms with Crippen LogP contribution in [-0.4, -0.2) is 19.1 Å². The Bertz CT molecular complexity index is 731. The van der Waals surface area contributed by atoms with Crippen molar-refractivity contribution >= 4 is 23.2 Å². The summed E-state index contributed by atoms with van der Waals surface area (Å²) in [7, 11) is 0. The van der Waals surface area contributed by atoms with Crippen molar-refractivity contribution in [1.29, 1.82) is 0 Å². The number of carbonyl (C=O) groups excluding carboxylic acids is 1. The quantitative estimate of drug-likeness (QED) is 0.718. The Hall–Kier alpha value is -2.20. The molecule has 0 fully saturated rings. The Balaban J connectivity index is 1.99. The van der Waals surface area contributed by atoms with E-state index in [1.54, 1.807) is 6.07 Å². The molecular formula is C20H24ClNO3. The van der Waals surface area contributed by atoms with Gasteiger partial charge in [-0.25, -0.2) is 0 Å². The Morgan fingerprint density at radius 1 is 1.04 bits per heavy atom. The van der Waals surface area contributed by atoms with Crippen molar-refractivity contribution in [2.24, 2.45) is 0 Å². The molecule has 134 valence electrons. The normalized spacial score (nSPS) is 10.4.